The van der Waals surface area contributed by atoms with E-state index in [4.69, 9.17) is 0 Å². The summed E-state index contributed by atoms with van der Waals surface area (Å²) in [4.78, 5) is 19.8. The lowest BCUT2D eigenvalue weighted by molar-refractivity contribution is -0.121. The number of nitrogens with one attached hydrogen (secondary N) is 3. The number of carbonyl (C=O) groups is 1. The van der Waals surface area contributed by atoms with Gasteiger partial charge in [0.05, 0.1) is 0 Å². The number of aromatic nitrogens is 2. The van der Waals surface area contributed by atoms with Crippen molar-refractivity contribution in [3.8, 4) is 0 Å². The molecule has 0 saturated carbocycles. The number of likely N-dealkylation sites (N-methyl/N-ethyl adjacent to an activating group) is 1. The molecule has 0 fully saturated rings. The van der Waals surface area contributed by atoms with E-state index in [1.54, 1.807) is 20.2 Å². The number of hydrogen-bond acceptors (Lipinski definition) is 5. The first kappa shape index (κ1) is 13.2. The molecule has 1 heterocycles. The van der Waals surface area contributed by atoms with Crippen LogP contribution in [0.3, 0.4) is 0 Å². The summed E-state index contributed by atoms with van der Waals surface area (Å²) in [6.07, 6.45) is 1.73. The zero-order valence-electron chi connectivity index (χ0n) is 10.7. The van der Waals surface area contributed by atoms with Crippen molar-refractivity contribution in [2.45, 2.75) is 26.8 Å². The predicted molar refractivity (Wildman–Crippen MR) is 68.1 cm³/mol. The molecule has 94 valence electrons. The van der Waals surface area contributed by atoms with Gasteiger partial charge in [-0.05, 0) is 20.8 Å². The first-order valence-corrected chi connectivity index (χ1v) is 5.64. The first-order chi connectivity index (χ1) is 8.08. The summed E-state index contributed by atoms with van der Waals surface area (Å²) in [7, 11) is 1.61. The van der Waals surface area contributed by atoms with E-state index in [2.05, 4.69) is 25.9 Å². The van der Waals surface area contributed by atoms with Crippen LogP contribution in [0.4, 0.5) is 11.8 Å². The highest BCUT2D eigenvalue weighted by Crippen LogP contribution is 2.13. The van der Waals surface area contributed by atoms with Crippen LogP contribution in [0.2, 0.25) is 0 Å². The minimum Gasteiger partial charge on any atom is -0.358 e. The number of anilines is 2. The Kier molecular flexibility index (Phi) is 4.68. The van der Waals surface area contributed by atoms with E-state index < -0.39 is 0 Å². The van der Waals surface area contributed by atoms with E-state index in [0.717, 1.165) is 12.1 Å². The Morgan fingerprint density at radius 1 is 1.53 bits per heavy atom. The van der Waals surface area contributed by atoms with E-state index in [1.807, 2.05) is 13.8 Å². The van der Waals surface area contributed by atoms with E-state index >= 15 is 0 Å². The Morgan fingerprint density at radius 3 is 2.82 bits per heavy atom. The molecule has 0 aliphatic heterocycles. The fourth-order valence-electron chi connectivity index (χ4n) is 1.32. The van der Waals surface area contributed by atoms with Gasteiger partial charge in [0.15, 0.2) is 0 Å². The van der Waals surface area contributed by atoms with Gasteiger partial charge in [0.25, 0.3) is 0 Å². The molecule has 0 aliphatic rings. The van der Waals surface area contributed by atoms with Crippen LogP contribution in [-0.4, -0.2) is 35.5 Å². The summed E-state index contributed by atoms with van der Waals surface area (Å²) in [5.74, 6) is 1.16. The third-order valence-electron chi connectivity index (χ3n) is 2.30. The molecule has 1 rings (SSSR count). The van der Waals surface area contributed by atoms with Crippen LogP contribution in [0.25, 0.3) is 0 Å². The molecule has 1 aromatic rings. The van der Waals surface area contributed by atoms with Gasteiger partial charge in [0, 0.05) is 25.4 Å². The maximum absolute atomic E-state index is 11.4. The molecule has 1 amide bonds. The van der Waals surface area contributed by atoms with Crippen LogP contribution in [0.1, 0.15) is 19.4 Å². The molecular formula is C11H19N5O. The lowest BCUT2D eigenvalue weighted by atomic mass is 10.3. The second-order valence-corrected chi connectivity index (χ2v) is 3.74. The zero-order valence-corrected chi connectivity index (χ0v) is 10.7. The van der Waals surface area contributed by atoms with Crippen LogP contribution in [0.15, 0.2) is 6.20 Å². The van der Waals surface area contributed by atoms with Crippen molar-refractivity contribution in [2.75, 3.05) is 24.2 Å². The third kappa shape index (κ3) is 3.58. The minimum absolute atomic E-state index is 0.0759. The molecule has 0 saturated heterocycles. The fraction of sp³-hybridized carbons (Fsp3) is 0.545. The maximum atomic E-state index is 11.4. The van der Waals surface area contributed by atoms with Gasteiger partial charge in [-0.15, -0.1) is 0 Å². The van der Waals surface area contributed by atoms with E-state index in [9.17, 15) is 4.79 Å². The van der Waals surface area contributed by atoms with Gasteiger partial charge >= 0.3 is 0 Å². The van der Waals surface area contributed by atoms with Crippen molar-refractivity contribution in [3.63, 3.8) is 0 Å². The Hall–Kier alpha value is -1.85. The van der Waals surface area contributed by atoms with Crippen molar-refractivity contribution >= 4 is 17.7 Å². The van der Waals surface area contributed by atoms with Crippen LogP contribution < -0.4 is 16.0 Å². The first-order valence-electron chi connectivity index (χ1n) is 5.64. The summed E-state index contributed by atoms with van der Waals surface area (Å²) in [5.41, 5.74) is 0.905. The average molecular weight is 237 g/mol. The van der Waals surface area contributed by atoms with Crippen LogP contribution in [-0.2, 0) is 4.79 Å². The summed E-state index contributed by atoms with van der Waals surface area (Å²) >= 11 is 0. The molecule has 1 atom stereocenters. The van der Waals surface area contributed by atoms with Gasteiger partial charge < -0.3 is 16.0 Å². The van der Waals surface area contributed by atoms with Gasteiger partial charge in [-0.1, -0.05) is 0 Å². The van der Waals surface area contributed by atoms with Crippen LogP contribution in [0.5, 0.6) is 0 Å². The summed E-state index contributed by atoms with van der Waals surface area (Å²) in [6.45, 7) is 6.42. The summed E-state index contributed by atoms with van der Waals surface area (Å²) < 4.78 is 0. The van der Waals surface area contributed by atoms with Crippen molar-refractivity contribution in [1.82, 2.24) is 15.3 Å². The highest BCUT2D eigenvalue weighted by Gasteiger charge is 2.13. The quantitative estimate of drug-likeness (QED) is 0.704. The molecule has 3 N–H and O–H groups in total. The molecule has 0 spiro atoms. The molecular weight excluding hydrogens is 218 g/mol. The van der Waals surface area contributed by atoms with Crippen LogP contribution in [0, 0.1) is 6.92 Å². The Bertz CT molecular complexity index is 393. The van der Waals surface area contributed by atoms with Gasteiger partial charge in [-0.2, -0.15) is 4.98 Å². The second kappa shape index (κ2) is 6.03. The average Bonchev–Trinajstić information content (AvgIpc) is 2.32. The highest BCUT2D eigenvalue weighted by atomic mass is 16.2. The standard InChI is InChI=1S/C11H19N5O/c1-5-13-11-14-6-7(2)9(16-11)15-8(3)10(17)12-4/h6,8H,5H2,1-4H3,(H,12,17)(H2,13,14,15,16). The van der Waals surface area contributed by atoms with E-state index in [1.165, 1.54) is 0 Å². The maximum Gasteiger partial charge on any atom is 0.241 e. The molecule has 6 nitrogen and oxygen atoms in total. The zero-order chi connectivity index (χ0) is 12.8. The van der Waals surface area contributed by atoms with Crippen molar-refractivity contribution < 1.29 is 4.79 Å². The largest absolute Gasteiger partial charge is 0.358 e. The van der Waals surface area contributed by atoms with Gasteiger partial charge in [-0.3, -0.25) is 4.79 Å². The molecule has 6 heteroatoms. The third-order valence-corrected chi connectivity index (χ3v) is 2.30. The summed E-state index contributed by atoms with van der Waals surface area (Å²) in [6, 6.07) is -0.330. The number of aryl methyl sites for hydroxylation is 1. The normalized spacial score (nSPS) is 11.8. The molecule has 0 bridgehead atoms. The highest BCUT2D eigenvalue weighted by molar-refractivity contribution is 5.83. The topological polar surface area (TPSA) is 78.9 Å². The van der Waals surface area contributed by atoms with Gasteiger partial charge in [-0.25, -0.2) is 4.98 Å². The SMILES string of the molecule is CCNc1ncc(C)c(NC(C)C(=O)NC)n1. The number of amides is 1. The molecule has 1 unspecified atom stereocenters. The fourth-order valence-corrected chi connectivity index (χ4v) is 1.32. The van der Waals surface area contributed by atoms with Crippen molar-refractivity contribution in [2.24, 2.45) is 0 Å². The Morgan fingerprint density at radius 2 is 2.24 bits per heavy atom. The Balaban J connectivity index is 2.82. The van der Waals surface area contributed by atoms with Crippen molar-refractivity contribution in [1.29, 1.82) is 0 Å². The number of hydrogen-bond donors (Lipinski definition) is 3. The second-order valence-electron chi connectivity index (χ2n) is 3.74. The summed E-state index contributed by atoms with van der Waals surface area (Å²) in [5, 5.41) is 8.67. The van der Waals surface area contributed by atoms with Gasteiger partial charge in [0.2, 0.25) is 11.9 Å². The van der Waals surface area contributed by atoms with E-state index in [-0.39, 0.29) is 11.9 Å². The predicted octanol–water partition coefficient (Wildman–Crippen LogP) is 0.763. The molecule has 0 aliphatic carbocycles. The van der Waals surface area contributed by atoms with Crippen molar-refractivity contribution in [3.05, 3.63) is 11.8 Å². The number of nitrogens with zero attached hydrogens (tertiary/aromatic N) is 2. The van der Waals surface area contributed by atoms with Crippen LogP contribution >= 0.6 is 0 Å². The molecule has 1 aromatic heterocycles. The monoisotopic (exact) mass is 237 g/mol. The number of carbonyl (C=O) groups excluding carboxylic acids is 1. The minimum atomic E-state index is -0.330. The molecule has 0 aromatic carbocycles. The lowest BCUT2D eigenvalue weighted by Crippen LogP contribution is -2.35. The molecule has 17 heavy (non-hydrogen) atoms. The van der Waals surface area contributed by atoms with Gasteiger partial charge in [0.1, 0.15) is 11.9 Å². The number of rotatable bonds is 5. The van der Waals surface area contributed by atoms with E-state index in [0.29, 0.717) is 11.8 Å². The molecule has 0 radical (unpaired) electrons. The Labute approximate surface area is 101 Å². The smallest absolute Gasteiger partial charge is 0.241 e. The lowest BCUT2D eigenvalue weighted by Gasteiger charge is -2.15.